The number of rotatable bonds is 9. The molecule has 0 saturated heterocycles. The molecule has 1 aliphatic heterocycles. The van der Waals surface area contributed by atoms with Crippen LogP contribution >= 0.6 is 11.6 Å². The second-order valence-electron chi connectivity index (χ2n) is 10.5. The highest BCUT2D eigenvalue weighted by molar-refractivity contribution is 6.33. The Balaban J connectivity index is 0.000000459. The lowest BCUT2D eigenvalue weighted by Gasteiger charge is -2.19. The van der Waals surface area contributed by atoms with Gasteiger partial charge in [0.2, 0.25) is 0 Å². The van der Waals surface area contributed by atoms with Crippen molar-refractivity contribution < 1.29 is 24.6 Å². The number of carbonyl (C=O) groups is 3. The Morgan fingerprint density at radius 3 is 2.10 bits per heavy atom. The lowest BCUT2D eigenvalue weighted by molar-refractivity contribution is -0.143. The van der Waals surface area contributed by atoms with Crippen LogP contribution in [-0.2, 0) is 29.0 Å². The van der Waals surface area contributed by atoms with Gasteiger partial charge in [0.05, 0.1) is 23.6 Å². The molecule has 4 N–H and O–H groups in total. The third-order valence-corrected chi connectivity index (χ3v) is 7.79. The first-order valence-electron chi connectivity index (χ1n) is 14.1. The zero-order valence-corrected chi connectivity index (χ0v) is 23.4. The molecule has 7 nitrogen and oxygen atoms in total. The predicted molar refractivity (Wildman–Crippen MR) is 155 cm³/mol. The van der Waals surface area contributed by atoms with E-state index >= 15 is 0 Å². The van der Waals surface area contributed by atoms with Crippen molar-refractivity contribution in [2.45, 2.75) is 83.6 Å². The zero-order valence-electron chi connectivity index (χ0n) is 22.6. The Morgan fingerprint density at radius 1 is 0.846 bits per heavy atom. The summed E-state index contributed by atoms with van der Waals surface area (Å²) >= 11 is 6.53. The van der Waals surface area contributed by atoms with Gasteiger partial charge >= 0.3 is 11.9 Å². The monoisotopic (exact) mass is 556 g/mol. The minimum absolute atomic E-state index is 0.296. The Labute approximate surface area is 236 Å². The number of carboxylic acids is 2. The highest BCUT2D eigenvalue weighted by Crippen LogP contribution is 2.31. The third kappa shape index (κ3) is 10.6. The number of ketones is 1. The smallest absolute Gasteiger partial charge is 0.303 e. The van der Waals surface area contributed by atoms with Gasteiger partial charge < -0.3 is 20.8 Å². The predicted octanol–water partition coefficient (Wildman–Crippen LogP) is 6.51. The van der Waals surface area contributed by atoms with Crippen LogP contribution in [0.5, 0.6) is 0 Å². The molecule has 8 heteroatoms. The van der Waals surface area contributed by atoms with Crippen LogP contribution in [0.3, 0.4) is 0 Å². The van der Waals surface area contributed by atoms with Gasteiger partial charge in [-0.2, -0.15) is 0 Å². The second kappa shape index (κ2) is 16.3. The van der Waals surface area contributed by atoms with Gasteiger partial charge in [-0.05, 0) is 54.6 Å². The van der Waals surface area contributed by atoms with Crippen molar-refractivity contribution in [3.8, 4) is 0 Å². The molecule has 0 aromatic heterocycles. The first-order chi connectivity index (χ1) is 18.8. The first kappa shape index (κ1) is 30.6. The molecule has 0 spiro atoms. The van der Waals surface area contributed by atoms with E-state index in [0.29, 0.717) is 24.7 Å². The van der Waals surface area contributed by atoms with Crippen LogP contribution in [0.15, 0.2) is 36.4 Å². The van der Waals surface area contributed by atoms with Gasteiger partial charge in [-0.1, -0.05) is 86.9 Å². The van der Waals surface area contributed by atoms with Gasteiger partial charge in [0.25, 0.3) is 0 Å². The molecule has 2 aromatic rings. The minimum Gasteiger partial charge on any atom is -0.481 e. The Kier molecular flexibility index (Phi) is 12.8. The molecule has 4 rings (SSSR count). The molecule has 1 aliphatic carbocycles. The molecule has 212 valence electrons. The summed E-state index contributed by atoms with van der Waals surface area (Å²) in [5.74, 6) is -1.28. The average molecular weight is 557 g/mol. The van der Waals surface area contributed by atoms with Crippen molar-refractivity contribution >= 4 is 35.0 Å². The summed E-state index contributed by atoms with van der Waals surface area (Å²) < 4.78 is 0. The molecule has 1 saturated carbocycles. The fourth-order valence-electron chi connectivity index (χ4n) is 5.27. The van der Waals surface area contributed by atoms with Gasteiger partial charge in [-0.25, -0.2) is 0 Å². The van der Waals surface area contributed by atoms with Crippen molar-refractivity contribution in [3.63, 3.8) is 0 Å². The lowest BCUT2D eigenvalue weighted by Crippen LogP contribution is -2.16. The highest BCUT2D eigenvalue weighted by atomic mass is 35.5. The van der Waals surface area contributed by atoms with Crippen LogP contribution in [0.25, 0.3) is 0 Å². The van der Waals surface area contributed by atoms with Crippen LogP contribution in [0.1, 0.15) is 91.3 Å². The molecular formula is C31H41ClN2O5. The van der Waals surface area contributed by atoms with E-state index in [2.05, 4.69) is 28.8 Å². The Bertz CT molecular complexity index is 1080. The van der Waals surface area contributed by atoms with E-state index in [9.17, 15) is 14.4 Å². The Morgan fingerprint density at radius 2 is 1.46 bits per heavy atom. The SMILES string of the molecule is O=C(CC1CCCCCCC1)c1ccc(CNc2c(Cl)ccc3c2CCNCC3)cc1.O=C(O)CCC(=O)O. The van der Waals surface area contributed by atoms with Crippen LogP contribution in [0.4, 0.5) is 5.69 Å². The Hall–Kier alpha value is -2.90. The van der Waals surface area contributed by atoms with Gasteiger partial charge in [0.15, 0.2) is 5.78 Å². The van der Waals surface area contributed by atoms with Gasteiger partial charge in [-0.15, -0.1) is 0 Å². The van der Waals surface area contributed by atoms with E-state index in [1.807, 2.05) is 18.2 Å². The van der Waals surface area contributed by atoms with E-state index < -0.39 is 11.9 Å². The van der Waals surface area contributed by atoms with Crippen LogP contribution in [-0.4, -0.2) is 41.0 Å². The maximum Gasteiger partial charge on any atom is 0.303 e. The number of carbonyl (C=O) groups excluding carboxylic acids is 1. The molecule has 2 aromatic carbocycles. The fourth-order valence-corrected chi connectivity index (χ4v) is 5.52. The summed E-state index contributed by atoms with van der Waals surface area (Å²) in [5.41, 5.74) is 5.80. The van der Waals surface area contributed by atoms with Crippen molar-refractivity contribution in [1.29, 1.82) is 0 Å². The van der Waals surface area contributed by atoms with E-state index in [1.54, 1.807) is 0 Å². The van der Waals surface area contributed by atoms with Crippen LogP contribution in [0.2, 0.25) is 5.02 Å². The number of anilines is 1. The van der Waals surface area contributed by atoms with E-state index in [1.165, 1.54) is 61.6 Å². The number of carboxylic acid groups (broad SMARTS) is 2. The molecule has 1 fully saturated rings. The molecule has 39 heavy (non-hydrogen) atoms. The number of nitrogens with one attached hydrogen (secondary N) is 2. The summed E-state index contributed by atoms with van der Waals surface area (Å²) in [4.78, 5) is 32.1. The highest BCUT2D eigenvalue weighted by Gasteiger charge is 2.17. The van der Waals surface area contributed by atoms with Gasteiger partial charge in [0.1, 0.15) is 0 Å². The maximum absolute atomic E-state index is 12.8. The third-order valence-electron chi connectivity index (χ3n) is 7.48. The molecule has 0 atom stereocenters. The first-order valence-corrected chi connectivity index (χ1v) is 14.5. The minimum atomic E-state index is -1.08. The molecule has 0 bridgehead atoms. The van der Waals surface area contributed by atoms with Crippen LogP contribution < -0.4 is 10.6 Å². The van der Waals surface area contributed by atoms with Crippen LogP contribution in [0, 0.1) is 5.92 Å². The van der Waals surface area contributed by atoms with Crippen molar-refractivity contribution in [2.75, 3.05) is 18.4 Å². The van der Waals surface area contributed by atoms with Gasteiger partial charge in [-0.3, -0.25) is 14.4 Å². The van der Waals surface area contributed by atoms with Crippen molar-refractivity contribution in [1.82, 2.24) is 5.32 Å². The van der Waals surface area contributed by atoms with E-state index in [-0.39, 0.29) is 12.8 Å². The second-order valence-corrected chi connectivity index (χ2v) is 10.9. The lowest BCUT2D eigenvalue weighted by atomic mass is 9.86. The van der Waals surface area contributed by atoms with Gasteiger partial charge in [0, 0.05) is 18.5 Å². The number of hydrogen-bond acceptors (Lipinski definition) is 5. The molecule has 2 aliphatic rings. The summed E-state index contributed by atoms with van der Waals surface area (Å²) in [5, 5.41) is 23.6. The molecule has 0 radical (unpaired) electrons. The summed E-state index contributed by atoms with van der Waals surface area (Å²) in [6.07, 6.45) is 11.2. The standard InChI is InChI=1S/C27H35ClN2O.C4H6O4/c28-25-13-12-22-14-16-29-17-15-24(22)27(25)30-19-21-8-10-23(11-9-21)26(31)18-20-6-4-2-1-3-5-7-20;5-3(6)1-2-4(7)8/h8-13,20,29-30H,1-7,14-19H2;1-2H2,(H,5,6)(H,7,8). The number of halogens is 1. The summed E-state index contributed by atoms with van der Waals surface area (Å²) in [7, 11) is 0. The van der Waals surface area contributed by atoms with Crippen molar-refractivity contribution in [2.24, 2.45) is 5.92 Å². The fraction of sp³-hybridized carbons (Fsp3) is 0.516. The maximum atomic E-state index is 12.8. The number of fused-ring (bicyclic) bond motifs is 1. The topological polar surface area (TPSA) is 116 Å². The molecule has 1 heterocycles. The van der Waals surface area contributed by atoms with E-state index in [0.717, 1.165) is 42.2 Å². The molecule has 0 amide bonds. The summed E-state index contributed by atoms with van der Waals surface area (Å²) in [6.45, 7) is 2.71. The molecule has 0 unspecified atom stereocenters. The average Bonchev–Trinajstić information content (AvgIpc) is 3.15. The summed E-state index contributed by atoms with van der Waals surface area (Å²) in [6, 6.07) is 12.3. The normalized spacial score (nSPS) is 15.9. The number of aliphatic carboxylic acids is 2. The quantitative estimate of drug-likeness (QED) is 0.260. The molecular weight excluding hydrogens is 516 g/mol. The number of hydrogen-bond donors (Lipinski definition) is 4. The van der Waals surface area contributed by atoms with Crippen molar-refractivity contribution in [3.05, 3.63) is 63.7 Å². The zero-order chi connectivity index (χ0) is 28.0. The largest absolute Gasteiger partial charge is 0.481 e. The van der Waals surface area contributed by atoms with E-state index in [4.69, 9.17) is 21.8 Å². The number of benzene rings is 2. The number of Topliss-reactive ketones (excluding diaryl/α,β-unsaturated/α-hetero) is 1.